The van der Waals surface area contributed by atoms with Crippen LogP contribution in [0.25, 0.3) is 0 Å². The van der Waals surface area contributed by atoms with E-state index in [1.54, 1.807) is 25.1 Å². The highest BCUT2D eigenvalue weighted by Gasteiger charge is 2.12. The van der Waals surface area contributed by atoms with Gasteiger partial charge in [0.1, 0.15) is 11.5 Å². The average Bonchev–Trinajstić information content (AvgIpc) is 2.59. The first-order valence-electron chi connectivity index (χ1n) is 7.00. The number of methoxy groups -OCH3 is 2. The number of hydrogen-bond donors (Lipinski definition) is 1. The number of esters is 1. The summed E-state index contributed by atoms with van der Waals surface area (Å²) in [6, 6.07) is 4.91. The Morgan fingerprint density at radius 3 is 2.25 bits per heavy atom. The van der Waals surface area contributed by atoms with Crippen LogP contribution in [0.4, 0.5) is 5.69 Å². The van der Waals surface area contributed by atoms with Crippen molar-refractivity contribution in [3.05, 3.63) is 42.0 Å². The molecule has 0 aliphatic heterocycles. The van der Waals surface area contributed by atoms with Gasteiger partial charge in [0.05, 0.1) is 26.1 Å². The Bertz CT molecular complexity index is 709. The molecule has 0 aliphatic rings. The molecule has 1 amide bonds. The van der Waals surface area contributed by atoms with Crippen LogP contribution in [-0.2, 0) is 9.53 Å². The highest BCUT2D eigenvalue weighted by atomic mass is 16.5. The van der Waals surface area contributed by atoms with E-state index in [0.717, 1.165) is 0 Å². The van der Waals surface area contributed by atoms with Gasteiger partial charge in [0.2, 0.25) is 0 Å². The van der Waals surface area contributed by atoms with Crippen molar-refractivity contribution in [1.29, 1.82) is 0 Å². The van der Waals surface area contributed by atoms with Gasteiger partial charge >= 0.3 is 5.97 Å². The van der Waals surface area contributed by atoms with E-state index < -0.39 is 18.5 Å². The molecule has 0 spiro atoms. The fourth-order valence-electron chi connectivity index (χ4n) is 1.78. The first kappa shape index (κ1) is 17.2. The van der Waals surface area contributed by atoms with Crippen molar-refractivity contribution in [2.45, 2.75) is 6.92 Å². The molecule has 2 aromatic rings. The number of nitrogens with one attached hydrogen (secondary N) is 1. The number of nitrogens with zero attached hydrogens (tertiary/aromatic N) is 2. The second kappa shape index (κ2) is 7.91. The average molecular weight is 331 g/mol. The number of benzene rings is 1. The SMILES string of the molecule is COc1cc(NC(=O)COC(=O)c2cnc(C)cn2)cc(OC)c1. The van der Waals surface area contributed by atoms with Gasteiger partial charge in [-0.15, -0.1) is 0 Å². The van der Waals surface area contributed by atoms with Gasteiger partial charge in [-0.1, -0.05) is 0 Å². The van der Waals surface area contributed by atoms with Gasteiger partial charge in [-0.2, -0.15) is 0 Å². The molecular formula is C16H17N3O5. The van der Waals surface area contributed by atoms with Gasteiger partial charge in [0.25, 0.3) is 5.91 Å². The first-order chi connectivity index (χ1) is 11.5. The van der Waals surface area contributed by atoms with E-state index >= 15 is 0 Å². The van der Waals surface area contributed by atoms with Crippen molar-refractivity contribution in [3.63, 3.8) is 0 Å². The lowest BCUT2D eigenvalue weighted by atomic mass is 10.2. The van der Waals surface area contributed by atoms with Gasteiger partial charge in [0, 0.05) is 30.1 Å². The highest BCUT2D eigenvalue weighted by Crippen LogP contribution is 2.25. The minimum absolute atomic E-state index is 0.0384. The van der Waals surface area contributed by atoms with E-state index in [4.69, 9.17) is 14.2 Å². The summed E-state index contributed by atoms with van der Waals surface area (Å²) in [5, 5.41) is 2.60. The number of anilines is 1. The Labute approximate surface area is 138 Å². The third-order valence-electron chi connectivity index (χ3n) is 2.96. The van der Waals surface area contributed by atoms with Gasteiger partial charge in [0.15, 0.2) is 12.3 Å². The Hall–Kier alpha value is -3.16. The third-order valence-corrected chi connectivity index (χ3v) is 2.96. The zero-order valence-electron chi connectivity index (χ0n) is 13.5. The maximum Gasteiger partial charge on any atom is 0.359 e. The monoisotopic (exact) mass is 331 g/mol. The number of amides is 1. The molecule has 0 aliphatic carbocycles. The maximum absolute atomic E-state index is 11.9. The molecule has 8 heteroatoms. The number of aryl methyl sites for hydroxylation is 1. The van der Waals surface area contributed by atoms with Gasteiger partial charge in [-0.3, -0.25) is 9.78 Å². The number of ether oxygens (including phenoxy) is 3. The zero-order chi connectivity index (χ0) is 17.5. The van der Waals surface area contributed by atoms with E-state index in [-0.39, 0.29) is 5.69 Å². The Kier molecular flexibility index (Phi) is 5.67. The number of aromatic nitrogens is 2. The molecule has 24 heavy (non-hydrogen) atoms. The smallest absolute Gasteiger partial charge is 0.359 e. The largest absolute Gasteiger partial charge is 0.497 e. The van der Waals surface area contributed by atoms with Crippen molar-refractivity contribution >= 4 is 17.6 Å². The van der Waals surface area contributed by atoms with Crippen molar-refractivity contribution < 1.29 is 23.8 Å². The second-order valence-electron chi connectivity index (χ2n) is 4.77. The van der Waals surface area contributed by atoms with Crippen LogP contribution in [0.5, 0.6) is 11.5 Å². The van der Waals surface area contributed by atoms with Crippen molar-refractivity contribution in [3.8, 4) is 11.5 Å². The van der Waals surface area contributed by atoms with E-state index in [2.05, 4.69) is 15.3 Å². The van der Waals surface area contributed by atoms with Crippen LogP contribution in [0.3, 0.4) is 0 Å². The summed E-state index contributed by atoms with van der Waals surface area (Å²) in [5.41, 5.74) is 1.18. The molecule has 0 unspecified atom stereocenters. The molecule has 1 heterocycles. The molecule has 1 N–H and O–H groups in total. The first-order valence-corrected chi connectivity index (χ1v) is 7.00. The molecule has 0 saturated carbocycles. The van der Waals surface area contributed by atoms with Crippen molar-refractivity contribution in [2.75, 3.05) is 26.1 Å². The van der Waals surface area contributed by atoms with Gasteiger partial charge < -0.3 is 19.5 Å². The van der Waals surface area contributed by atoms with Crippen molar-refractivity contribution in [2.24, 2.45) is 0 Å². The third kappa shape index (κ3) is 4.67. The van der Waals surface area contributed by atoms with Gasteiger partial charge in [-0.05, 0) is 6.92 Å². The fourth-order valence-corrected chi connectivity index (χ4v) is 1.78. The lowest BCUT2D eigenvalue weighted by molar-refractivity contribution is -0.119. The lowest BCUT2D eigenvalue weighted by Gasteiger charge is -2.10. The Morgan fingerprint density at radius 2 is 1.71 bits per heavy atom. The molecule has 126 valence electrons. The molecule has 0 atom stereocenters. The predicted molar refractivity (Wildman–Crippen MR) is 85.2 cm³/mol. The summed E-state index contributed by atoms with van der Waals surface area (Å²) >= 11 is 0. The summed E-state index contributed by atoms with van der Waals surface area (Å²) in [5.74, 6) is -0.173. The van der Waals surface area contributed by atoms with E-state index in [0.29, 0.717) is 22.9 Å². The molecule has 2 rings (SSSR count). The molecule has 0 saturated heterocycles. The number of carbonyl (C=O) groups is 2. The summed E-state index contributed by atoms with van der Waals surface area (Å²) in [4.78, 5) is 31.5. The standard InChI is InChI=1S/C16H17N3O5/c1-10-7-18-14(8-17-10)16(21)24-9-15(20)19-11-4-12(22-2)6-13(5-11)23-3/h4-8H,9H2,1-3H3,(H,19,20). The Morgan fingerprint density at radius 1 is 1.04 bits per heavy atom. The normalized spacial score (nSPS) is 9.96. The maximum atomic E-state index is 11.9. The molecule has 0 fully saturated rings. The molecule has 1 aromatic heterocycles. The molecular weight excluding hydrogens is 314 g/mol. The fraction of sp³-hybridized carbons (Fsp3) is 0.250. The lowest BCUT2D eigenvalue weighted by Crippen LogP contribution is -2.21. The summed E-state index contributed by atoms with van der Waals surface area (Å²) in [6.07, 6.45) is 2.74. The van der Waals surface area contributed by atoms with Crippen LogP contribution in [-0.4, -0.2) is 42.7 Å². The number of carbonyl (C=O) groups excluding carboxylic acids is 2. The van der Waals surface area contributed by atoms with Crippen LogP contribution >= 0.6 is 0 Å². The molecule has 8 nitrogen and oxygen atoms in total. The van der Waals surface area contributed by atoms with E-state index in [9.17, 15) is 9.59 Å². The summed E-state index contributed by atoms with van der Waals surface area (Å²) in [7, 11) is 3.01. The van der Waals surface area contributed by atoms with E-state index in [1.165, 1.54) is 26.6 Å². The molecule has 0 radical (unpaired) electrons. The Balaban J connectivity index is 1.93. The quantitative estimate of drug-likeness (QED) is 0.802. The van der Waals surface area contributed by atoms with Gasteiger partial charge in [-0.25, -0.2) is 9.78 Å². The van der Waals surface area contributed by atoms with Crippen LogP contribution in [0.2, 0.25) is 0 Å². The minimum atomic E-state index is -0.721. The zero-order valence-corrected chi connectivity index (χ0v) is 13.5. The summed E-state index contributed by atoms with van der Waals surface area (Å²) < 4.78 is 15.1. The number of rotatable bonds is 6. The second-order valence-corrected chi connectivity index (χ2v) is 4.77. The van der Waals surface area contributed by atoms with Crippen LogP contribution in [0, 0.1) is 6.92 Å². The van der Waals surface area contributed by atoms with Crippen LogP contribution < -0.4 is 14.8 Å². The van der Waals surface area contributed by atoms with E-state index in [1.807, 2.05) is 0 Å². The minimum Gasteiger partial charge on any atom is -0.497 e. The number of hydrogen-bond acceptors (Lipinski definition) is 7. The predicted octanol–water partition coefficient (Wildman–Crippen LogP) is 1.60. The highest BCUT2D eigenvalue weighted by molar-refractivity contribution is 5.95. The van der Waals surface area contributed by atoms with Crippen molar-refractivity contribution in [1.82, 2.24) is 9.97 Å². The van der Waals surface area contributed by atoms with Crippen LogP contribution in [0.15, 0.2) is 30.6 Å². The molecule has 0 bridgehead atoms. The molecule has 1 aromatic carbocycles. The summed E-state index contributed by atoms with van der Waals surface area (Å²) in [6.45, 7) is 1.30. The van der Waals surface area contributed by atoms with Crippen LogP contribution in [0.1, 0.15) is 16.2 Å². The topological polar surface area (TPSA) is 99.6 Å².